The number of carbonyl (C=O) groups is 1. The van der Waals surface area contributed by atoms with Gasteiger partial charge in [0.2, 0.25) is 5.91 Å². The van der Waals surface area contributed by atoms with Crippen LogP contribution in [0, 0.1) is 5.92 Å². The van der Waals surface area contributed by atoms with Crippen molar-refractivity contribution < 1.29 is 9.53 Å². The molecule has 4 heteroatoms. The van der Waals surface area contributed by atoms with Crippen molar-refractivity contribution in [2.45, 2.75) is 63.6 Å². The van der Waals surface area contributed by atoms with Crippen molar-refractivity contribution in [1.29, 1.82) is 0 Å². The van der Waals surface area contributed by atoms with Crippen molar-refractivity contribution in [2.24, 2.45) is 5.92 Å². The average molecular weight is 254 g/mol. The molecule has 1 saturated carbocycles. The molecule has 2 rings (SSSR count). The molecule has 4 unspecified atom stereocenters. The second kappa shape index (κ2) is 6.53. The lowest BCUT2D eigenvalue weighted by Crippen LogP contribution is -2.56. The molecule has 2 fully saturated rings. The van der Waals surface area contributed by atoms with Crippen LogP contribution in [-0.4, -0.2) is 37.7 Å². The number of methoxy groups -OCH3 is 1. The van der Waals surface area contributed by atoms with Crippen LogP contribution < -0.4 is 10.6 Å². The largest absolute Gasteiger partial charge is 0.383 e. The Kier molecular flexibility index (Phi) is 5.01. The molecular weight excluding hydrogens is 228 g/mol. The van der Waals surface area contributed by atoms with E-state index in [2.05, 4.69) is 10.6 Å². The standard InChI is InChI=1S/C14H26N2O2/c1-10(9-18-2)15-14(17)13-8-7-11-5-3-4-6-12(11)16-13/h10-13,16H,3-9H2,1-2H3,(H,15,17). The Morgan fingerprint density at radius 1 is 1.33 bits per heavy atom. The number of nitrogens with one attached hydrogen (secondary N) is 2. The zero-order valence-electron chi connectivity index (χ0n) is 11.6. The van der Waals surface area contributed by atoms with Gasteiger partial charge < -0.3 is 15.4 Å². The molecule has 0 aromatic rings. The van der Waals surface area contributed by atoms with E-state index in [1.807, 2.05) is 6.92 Å². The van der Waals surface area contributed by atoms with Crippen LogP contribution in [0.4, 0.5) is 0 Å². The van der Waals surface area contributed by atoms with Gasteiger partial charge in [-0.25, -0.2) is 0 Å². The van der Waals surface area contributed by atoms with E-state index in [4.69, 9.17) is 4.74 Å². The number of amides is 1. The Labute approximate surface area is 110 Å². The Hall–Kier alpha value is -0.610. The third-order valence-corrected chi connectivity index (χ3v) is 4.27. The number of fused-ring (bicyclic) bond motifs is 1. The van der Waals surface area contributed by atoms with Gasteiger partial charge in [0.15, 0.2) is 0 Å². The maximum Gasteiger partial charge on any atom is 0.237 e. The SMILES string of the molecule is COCC(C)NC(=O)C1CCC2CCCCC2N1. The van der Waals surface area contributed by atoms with Crippen molar-refractivity contribution >= 4 is 5.91 Å². The summed E-state index contributed by atoms with van der Waals surface area (Å²) in [6.45, 7) is 2.55. The van der Waals surface area contributed by atoms with Gasteiger partial charge in [0, 0.05) is 19.2 Å². The molecule has 4 nitrogen and oxygen atoms in total. The van der Waals surface area contributed by atoms with Gasteiger partial charge in [-0.1, -0.05) is 12.8 Å². The Morgan fingerprint density at radius 3 is 2.89 bits per heavy atom. The average Bonchev–Trinajstić information content (AvgIpc) is 2.38. The maximum atomic E-state index is 12.1. The fourth-order valence-electron chi connectivity index (χ4n) is 3.34. The summed E-state index contributed by atoms with van der Waals surface area (Å²) in [4.78, 5) is 12.1. The molecule has 1 heterocycles. The van der Waals surface area contributed by atoms with E-state index in [-0.39, 0.29) is 18.0 Å². The second-order valence-electron chi connectivity index (χ2n) is 5.81. The molecular formula is C14H26N2O2. The molecule has 0 spiro atoms. The first-order valence-corrected chi connectivity index (χ1v) is 7.26. The van der Waals surface area contributed by atoms with Crippen LogP contribution in [0.15, 0.2) is 0 Å². The van der Waals surface area contributed by atoms with Crippen LogP contribution in [0.3, 0.4) is 0 Å². The van der Waals surface area contributed by atoms with Gasteiger partial charge in [-0.3, -0.25) is 4.79 Å². The third kappa shape index (κ3) is 3.45. The van der Waals surface area contributed by atoms with Crippen molar-refractivity contribution in [3.05, 3.63) is 0 Å². The zero-order valence-corrected chi connectivity index (χ0v) is 11.6. The molecule has 0 bridgehead atoms. The minimum atomic E-state index is 0.00339. The van der Waals surface area contributed by atoms with Gasteiger partial charge in [-0.2, -0.15) is 0 Å². The number of piperidine rings is 1. The van der Waals surface area contributed by atoms with Crippen LogP contribution >= 0.6 is 0 Å². The predicted octanol–water partition coefficient (Wildman–Crippen LogP) is 1.45. The van der Waals surface area contributed by atoms with Crippen LogP contribution in [0.1, 0.15) is 45.4 Å². The quantitative estimate of drug-likeness (QED) is 0.798. The van der Waals surface area contributed by atoms with Crippen molar-refractivity contribution in [1.82, 2.24) is 10.6 Å². The van der Waals surface area contributed by atoms with Gasteiger partial charge in [-0.05, 0) is 38.5 Å². The summed E-state index contributed by atoms with van der Waals surface area (Å²) in [5, 5.41) is 6.57. The second-order valence-corrected chi connectivity index (χ2v) is 5.81. The molecule has 104 valence electrons. The van der Waals surface area contributed by atoms with Crippen LogP contribution in [-0.2, 0) is 9.53 Å². The van der Waals surface area contributed by atoms with Crippen LogP contribution in [0.2, 0.25) is 0 Å². The molecule has 0 aromatic carbocycles. The first kappa shape index (κ1) is 13.8. The Balaban J connectivity index is 1.81. The van der Waals surface area contributed by atoms with E-state index < -0.39 is 0 Å². The minimum Gasteiger partial charge on any atom is -0.383 e. The molecule has 0 radical (unpaired) electrons. The number of carbonyl (C=O) groups excluding carboxylic acids is 1. The summed E-state index contributed by atoms with van der Waals surface area (Å²) in [5.41, 5.74) is 0. The fraction of sp³-hybridized carbons (Fsp3) is 0.929. The summed E-state index contributed by atoms with van der Waals surface area (Å²) in [6, 6.07) is 0.665. The molecule has 2 aliphatic rings. The monoisotopic (exact) mass is 254 g/mol. The van der Waals surface area contributed by atoms with E-state index >= 15 is 0 Å². The molecule has 1 saturated heterocycles. The predicted molar refractivity (Wildman–Crippen MR) is 71.4 cm³/mol. The molecule has 2 N–H and O–H groups in total. The number of hydrogen-bond acceptors (Lipinski definition) is 3. The normalized spacial score (nSPS) is 33.6. The van der Waals surface area contributed by atoms with Gasteiger partial charge in [0.25, 0.3) is 0 Å². The maximum absolute atomic E-state index is 12.1. The molecule has 1 aliphatic heterocycles. The Morgan fingerprint density at radius 2 is 2.11 bits per heavy atom. The lowest BCUT2D eigenvalue weighted by Gasteiger charge is -2.40. The summed E-state index contributed by atoms with van der Waals surface area (Å²) >= 11 is 0. The summed E-state index contributed by atoms with van der Waals surface area (Å²) in [5.74, 6) is 0.947. The summed E-state index contributed by atoms with van der Waals surface area (Å²) < 4.78 is 5.04. The number of rotatable bonds is 4. The smallest absolute Gasteiger partial charge is 0.237 e. The van der Waals surface area contributed by atoms with Crippen molar-refractivity contribution in [3.63, 3.8) is 0 Å². The molecule has 4 atom stereocenters. The van der Waals surface area contributed by atoms with Crippen molar-refractivity contribution in [2.75, 3.05) is 13.7 Å². The third-order valence-electron chi connectivity index (χ3n) is 4.27. The molecule has 1 aliphatic carbocycles. The van der Waals surface area contributed by atoms with Crippen LogP contribution in [0.25, 0.3) is 0 Å². The lowest BCUT2D eigenvalue weighted by molar-refractivity contribution is -0.125. The highest BCUT2D eigenvalue weighted by molar-refractivity contribution is 5.82. The van der Waals surface area contributed by atoms with Crippen LogP contribution in [0.5, 0.6) is 0 Å². The molecule has 18 heavy (non-hydrogen) atoms. The van der Waals surface area contributed by atoms with Gasteiger partial charge in [0.1, 0.15) is 0 Å². The minimum absolute atomic E-state index is 0.00339. The zero-order chi connectivity index (χ0) is 13.0. The van der Waals surface area contributed by atoms with Gasteiger partial charge in [0.05, 0.1) is 12.6 Å². The van der Waals surface area contributed by atoms with Gasteiger partial charge in [-0.15, -0.1) is 0 Å². The first-order valence-electron chi connectivity index (χ1n) is 7.26. The molecule has 1 amide bonds. The van der Waals surface area contributed by atoms with Crippen molar-refractivity contribution in [3.8, 4) is 0 Å². The highest BCUT2D eigenvalue weighted by atomic mass is 16.5. The number of hydrogen-bond donors (Lipinski definition) is 2. The van der Waals surface area contributed by atoms with E-state index in [0.29, 0.717) is 12.6 Å². The van der Waals surface area contributed by atoms with E-state index in [1.165, 1.54) is 32.1 Å². The summed E-state index contributed by atoms with van der Waals surface area (Å²) in [7, 11) is 1.66. The Bertz CT molecular complexity index is 283. The lowest BCUT2D eigenvalue weighted by atomic mass is 9.77. The van der Waals surface area contributed by atoms with Gasteiger partial charge >= 0.3 is 0 Å². The first-order chi connectivity index (χ1) is 8.70. The van der Waals surface area contributed by atoms with E-state index in [1.54, 1.807) is 7.11 Å². The fourth-order valence-corrected chi connectivity index (χ4v) is 3.34. The highest BCUT2D eigenvalue weighted by Gasteiger charge is 2.34. The number of ether oxygens (including phenoxy) is 1. The highest BCUT2D eigenvalue weighted by Crippen LogP contribution is 2.32. The summed E-state index contributed by atoms with van der Waals surface area (Å²) in [6.07, 6.45) is 7.43. The van der Waals surface area contributed by atoms with E-state index in [0.717, 1.165) is 12.3 Å². The molecule has 0 aromatic heterocycles. The topological polar surface area (TPSA) is 50.4 Å². The van der Waals surface area contributed by atoms with E-state index in [9.17, 15) is 4.79 Å².